The minimum absolute atomic E-state index is 0.0719. The van der Waals surface area contributed by atoms with E-state index >= 15 is 0 Å². The van der Waals surface area contributed by atoms with Gasteiger partial charge >= 0.3 is 0 Å². The molecule has 7 nitrogen and oxygen atoms in total. The van der Waals surface area contributed by atoms with Crippen molar-refractivity contribution in [3.63, 3.8) is 0 Å². The highest BCUT2D eigenvalue weighted by molar-refractivity contribution is 5.96. The average Bonchev–Trinajstić information content (AvgIpc) is 3.40. The number of ketones is 1. The predicted octanol–water partition coefficient (Wildman–Crippen LogP) is 4.29. The second-order valence-corrected chi connectivity index (χ2v) is 9.23. The Labute approximate surface area is 212 Å². The lowest BCUT2D eigenvalue weighted by atomic mass is 10.0. The lowest BCUT2D eigenvalue weighted by Crippen LogP contribution is -2.46. The van der Waals surface area contributed by atoms with Gasteiger partial charge in [-0.3, -0.25) is 9.59 Å². The van der Waals surface area contributed by atoms with Gasteiger partial charge in [-0.2, -0.15) is 0 Å². The first-order valence-electron chi connectivity index (χ1n) is 12.6. The molecule has 36 heavy (non-hydrogen) atoms. The molecule has 1 amide bonds. The number of unbranched alkanes of at least 4 members (excludes halogenated alkanes) is 2. The van der Waals surface area contributed by atoms with Crippen molar-refractivity contribution >= 4 is 11.7 Å². The van der Waals surface area contributed by atoms with Crippen LogP contribution >= 0.6 is 0 Å². The van der Waals surface area contributed by atoms with Crippen LogP contribution < -0.4 is 14.8 Å². The predicted molar refractivity (Wildman–Crippen MR) is 136 cm³/mol. The van der Waals surface area contributed by atoms with E-state index in [1.165, 1.54) is 19.2 Å². The molecule has 2 atom stereocenters. The first kappa shape index (κ1) is 27.6. The van der Waals surface area contributed by atoms with Crippen LogP contribution in [0.3, 0.4) is 0 Å². The van der Waals surface area contributed by atoms with Gasteiger partial charge in [0, 0.05) is 24.9 Å². The van der Waals surface area contributed by atoms with Gasteiger partial charge < -0.3 is 24.8 Å². The fraction of sp³-hybridized carbons (Fsp3) is 0.500. The fourth-order valence-electron chi connectivity index (χ4n) is 4.51. The van der Waals surface area contributed by atoms with Crippen LogP contribution in [0.1, 0.15) is 67.0 Å². The van der Waals surface area contributed by atoms with Gasteiger partial charge in [0.05, 0.1) is 20.3 Å². The van der Waals surface area contributed by atoms with E-state index in [0.29, 0.717) is 49.1 Å². The summed E-state index contributed by atoms with van der Waals surface area (Å²) < 4.78 is 24.3. The van der Waals surface area contributed by atoms with Crippen molar-refractivity contribution in [1.29, 1.82) is 0 Å². The number of methoxy groups -OCH3 is 2. The topological polar surface area (TPSA) is 88.1 Å². The van der Waals surface area contributed by atoms with Gasteiger partial charge in [0.1, 0.15) is 11.9 Å². The van der Waals surface area contributed by atoms with Gasteiger partial charge in [0.15, 0.2) is 17.3 Å². The Hall–Kier alpha value is -2.97. The number of aliphatic hydroxyl groups excluding tert-OH is 1. The number of nitrogens with zero attached hydrogens (tertiary/aromatic N) is 1. The normalized spacial score (nSPS) is 15.3. The Morgan fingerprint density at radius 3 is 2.33 bits per heavy atom. The molecule has 1 saturated heterocycles. The molecule has 2 aromatic rings. The summed E-state index contributed by atoms with van der Waals surface area (Å²) in [5.74, 6) is 0.181. The van der Waals surface area contributed by atoms with E-state index in [0.717, 1.165) is 32.4 Å². The number of Topliss-reactive ketones (excluding diaryl/α,β-unsaturated/α-hetero) is 1. The van der Waals surface area contributed by atoms with Crippen molar-refractivity contribution in [3.8, 4) is 11.5 Å². The largest absolute Gasteiger partial charge is 0.497 e. The number of ether oxygens (including phenoxy) is 2. The molecule has 1 heterocycles. The zero-order valence-corrected chi connectivity index (χ0v) is 21.2. The highest BCUT2D eigenvalue weighted by Gasteiger charge is 2.27. The van der Waals surface area contributed by atoms with Gasteiger partial charge in [-0.25, -0.2) is 4.39 Å². The van der Waals surface area contributed by atoms with Gasteiger partial charge in [-0.05, 0) is 80.7 Å². The number of hydrogen-bond donors (Lipinski definition) is 2. The molecule has 3 rings (SSSR count). The second-order valence-electron chi connectivity index (χ2n) is 9.23. The molecular formula is C28H37FN2O5. The number of carbonyl (C=O) groups excluding carboxylic acids is 2. The first-order valence-corrected chi connectivity index (χ1v) is 12.6. The van der Waals surface area contributed by atoms with Crippen LogP contribution in [0.25, 0.3) is 0 Å². The van der Waals surface area contributed by atoms with Crippen molar-refractivity contribution in [2.75, 3.05) is 33.9 Å². The quantitative estimate of drug-likeness (QED) is 0.297. The van der Waals surface area contributed by atoms with Crippen molar-refractivity contribution in [2.45, 2.75) is 57.1 Å². The third kappa shape index (κ3) is 8.03. The van der Waals surface area contributed by atoms with Gasteiger partial charge in [0.25, 0.3) is 0 Å². The Kier molecular flexibility index (Phi) is 10.7. The molecule has 1 fully saturated rings. The summed E-state index contributed by atoms with van der Waals surface area (Å²) in [6.07, 6.45) is 3.95. The molecule has 2 N–H and O–H groups in total. The standard InChI is InChI=1S/C28H37FN2O5/c1-35-22-13-10-20(11-14-22)25(32)8-4-3-5-9-27(33)30-24(19-31-16-6-7-17-31)28(34)21-12-15-26(36-2)23(29)18-21/h10-15,18,24,28,34H,3-9,16-17,19H2,1-2H3,(H,30,33)/t24-,28-/m1/s1. The Balaban J connectivity index is 1.48. The number of nitrogens with one attached hydrogen (secondary N) is 1. The summed E-state index contributed by atoms with van der Waals surface area (Å²) in [6.45, 7) is 2.33. The zero-order chi connectivity index (χ0) is 25.9. The summed E-state index contributed by atoms with van der Waals surface area (Å²) in [5.41, 5.74) is 1.05. The molecule has 0 aliphatic carbocycles. The molecule has 1 aliphatic heterocycles. The molecule has 196 valence electrons. The Morgan fingerprint density at radius 2 is 1.69 bits per heavy atom. The van der Waals surface area contributed by atoms with E-state index in [4.69, 9.17) is 9.47 Å². The number of likely N-dealkylation sites (tertiary alicyclic amines) is 1. The summed E-state index contributed by atoms with van der Waals surface area (Å²) >= 11 is 0. The van der Waals surface area contributed by atoms with E-state index in [1.807, 2.05) is 0 Å². The second kappa shape index (κ2) is 13.9. The maximum atomic E-state index is 14.2. The van der Waals surface area contributed by atoms with Crippen LogP contribution in [0.15, 0.2) is 42.5 Å². The van der Waals surface area contributed by atoms with E-state index in [-0.39, 0.29) is 17.4 Å². The molecule has 0 aromatic heterocycles. The summed E-state index contributed by atoms with van der Waals surface area (Å²) in [7, 11) is 2.97. The van der Waals surface area contributed by atoms with Crippen molar-refractivity contribution in [1.82, 2.24) is 10.2 Å². The lowest BCUT2D eigenvalue weighted by molar-refractivity contribution is -0.123. The molecule has 8 heteroatoms. The summed E-state index contributed by atoms with van der Waals surface area (Å²) in [6, 6.07) is 10.9. The smallest absolute Gasteiger partial charge is 0.220 e. The molecule has 0 unspecified atom stereocenters. The molecular weight excluding hydrogens is 463 g/mol. The van der Waals surface area contributed by atoms with E-state index in [2.05, 4.69) is 10.2 Å². The SMILES string of the molecule is COc1ccc(C(=O)CCCCCC(=O)N[C@H](CN2CCCC2)[C@H](O)c2ccc(OC)c(F)c2)cc1. The van der Waals surface area contributed by atoms with Crippen LogP contribution in [-0.4, -0.2) is 61.6 Å². The van der Waals surface area contributed by atoms with Crippen molar-refractivity contribution < 1.29 is 28.6 Å². The number of amides is 1. The number of carbonyl (C=O) groups is 2. The van der Waals surface area contributed by atoms with Crippen LogP contribution in [0.2, 0.25) is 0 Å². The van der Waals surface area contributed by atoms with Gasteiger partial charge in [-0.15, -0.1) is 0 Å². The minimum atomic E-state index is -1.04. The summed E-state index contributed by atoms with van der Waals surface area (Å²) in [5, 5.41) is 14.0. The number of halogens is 1. The maximum Gasteiger partial charge on any atom is 0.220 e. The maximum absolute atomic E-state index is 14.2. The number of aliphatic hydroxyl groups is 1. The number of benzene rings is 2. The third-order valence-electron chi connectivity index (χ3n) is 6.62. The third-order valence-corrected chi connectivity index (χ3v) is 6.62. The summed E-state index contributed by atoms with van der Waals surface area (Å²) in [4.78, 5) is 27.2. The lowest BCUT2D eigenvalue weighted by Gasteiger charge is -2.29. The molecule has 2 aromatic carbocycles. The van der Waals surface area contributed by atoms with E-state index < -0.39 is 18.0 Å². The number of rotatable bonds is 14. The monoisotopic (exact) mass is 500 g/mol. The first-order chi connectivity index (χ1) is 17.4. The molecule has 0 bridgehead atoms. The molecule has 0 radical (unpaired) electrons. The van der Waals surface area contributed by atoms with Crippen LogP contribution in [0.4, 0.5) is 4.39 Å². The zero-order valence-electron chi connectivity index (χ0n) is 21.2. The highest BCUT2D eigenvalue weighted by Crippen LogP contribution is 2.25. The van der Waals surface area contributed by atoms with Gasteiger partial charge in [0.2, 0.25) is 5.91 Å². The van der Waals surface area contributed by atoms with Gasteiger partial charge in [-0.1, -0.05) is 12.5 Å². The Bertz CT molecular complexity index is 992. The van der Waals surface area contributed by atoms with E-state index in [1.54, 1.807) is 37.4 Å². The Morgan fingerprint density at radius 1 is 1.00 bits per heavy atom. The fourth-order valence-corrected chi connectivity index (χ4v) is 4.51. The van der Waals surface area contributed by atoms with Crippen LogP contribution in [0, 0.1) is 5.82 Å². The van der Waals surface area contributed by atoms with Crippen LogP contribution in [0.5, 0.6) is 11.5 Å². The van der Waals surface area contributed by atoms with E-state index in [9.17, 15) is 19.1 Å². The van der Waals surface area contributed by atoms with Crippen LogP contribution in [-0.2, 0) is 4.79 Å². The molecule has 1 aliphatic rings. The molecule has 0 saturated carbocycles. The number of hydrogen-bond acceptors (Lipinski definition) is 6. The highest BCUT2D eigenvalue weighted by atomic mass is 19.1. The minimum Gasteiger partial charge on any atom is -0.497 e. The average molecular weight is 501 g/mol. The van der Waals surface area contributed by atoms with Crippen molar-refractivity contribution in [2.24, 2.45) is 0 Å². The van der Waals surface area contributed by atoms with Crippen molar-refractivity contribution in [3.05, 3.63) is 59.4 Å². The molecule has 0 spiro atoms.